The fraction of sp³-hybridized carbons (Fsp3) is 1.00. The van der Waals surface area contributed by atoms with Crippen molar-refractivity contribution in [2.75, 3.05) is 26.9 Å². The first-order valence-corrected chi connectivity index (χ1v) is 6.23. The van der Waals surface area contributed by atoms with E-state index in [2.05, 4.69) is 18.7 Å². The summed E-state index contributed by atoms with van der Waals surface area (Å²) in [5.41, 5.74) is 6.05. The van der Waals surface area contributed by atoms with Crippen LogP contribution in [0.2, 0.25) is 0 Å². The molecule has 1 heterocycles. The van der Waals surface area contributed by atoms with Crippen LogP contribution in [0.25, 0.3) is 0 Å². The van der Waals surface area contributed by atoms with Gasteiger partial charge in [0.1, 0.15) is 0 Å². The van der Waals surface area contributed by atoms with E-state index >= 15 is 0 Å². The lowest BCUT2D eigenvalue weighted by Crippen LogP contribution is -2.54. The monoisotopic (exact) mass is 230 g/mol. The van der Waals surface area contributed by atoms with Gasteiger partial charge in [0.25, 0.3) is 0 Å². The molecule has 3 unspecified atom stereocenters. The van der Waals surface area contributed by atoms with Gasteiger partial charge in [-0.2, -0.15) is 0 Å². The van der Waals surface area contributed by atoms with Crippen molar-refractivity contribution in [3.63, 3.8) is 0 Å². The predicted molar refractivity (Wildman–Crippen MR) is 65.3 cm³/mol. The number of hydrogen-bond donors (Lipinski definition) is 2. The molecule has 1 fully saturated rings. The van der Waals surface area contributed by atoms with Gasteiger partial charge in [-0.3, -0.25) is 4.90 Å². The van der Waals surface area contributed by atoms with Crippen molar-refractivity contribution in [2.45, 2.75) is 44.8 Å². The average Bonchev–Trinajstić information content (AvgIpc) is 2.68. The summed E-state index contributed by atoms with van der Waals surface area (Å²) < 4.78 is 5.08. The number of aliphatic hydroxyl groups is 1. The van der Waals surface area contributed by atoms with E-state index in [1.54, 1.807) is 7.11 Å². The number of hydrogen-bond acceptors (Lipinski definition) is 4. The Morgan fingerprint density at radius 1 is 1.50 bits per heavy atom. The molecular formula is C12H26N2O2. The molecule has 3 atom stereocenters. The van der Waals surface area contributed by atoms with E-state index in [4.69, 9.17) is 10.5 Å². The Kier molecular flexibility index (Phi) is 5.69. The molecule has 0 spiro atoms. The molecule has 0 saturated carbocycles. The predicted octanol–water partition coefficient (Wildman–Crippen LogP) is 0.441. The van der Waals surface area contributed by atoms with Crippen molar-refractivity contribution in [3.8, 4) is 0 Å². The second kappa shape index (κ2) is 6.55. The van der Waals surface area contributed by atoms with Crippen LogP contribution in [0.4, 0.5) is 0 Å². The van der Waals surface area contributed by atoms with E-state index in [1.165, 1.54) is 12.8 Å². The van der Waals surface area contributed by atoms with Crippen LogP contribution in [0.1, 0.15) is 26.7 Å². The van der Waals surface area contributed by atoms with Gasteiger partial charge >= 0.3 is 0 Å². The van der Waals surface area contributed by atoms with Crippen LogP contribution >= 0.6 is 0 Å². The minimum Gasteiger partial charge on any atom is -0.395 e. The molecule has 0 radical (unpaired) electrons. The van der Waals surface area contributed by atoms with Crippen LogP contribution < -0.4 is 5.73 Å². The largest absolute Gasteiger partial charge is 0.395 e. The summed E-state index contributed by atoms with van der Waals surface area (Å²) in [4.78, 5) is 2.37. The molecule has 16 heavy (non-hydrogen) atoms. The lowest BCUT2D eigenvalue weighted by molar-refractivity contribution is 0.0515. The molecule has 96 valence electrons. The van der Waals surface area contributed by atoms with Crippen molar-refractivity contribution in [1.29, 1.82) is 0 Å². The molecule has 0 aromatic carbocycles. The van der Waals surface area contributed by atoms with Crippen molar-refractivity contribution >= 4 is 0 Å². The van der Waals surface area contributed by atoms with Gasteiger partial charge in [-0.1, -0.05) is 13.8 Å². The van der Waals surface area contributed by atoms with Crippen LogP contribution in [0, 0.1) is 5.92 Å². The first-order valence-electron chi connectivity index (χ1n) is 6.23. The quantitative estimate of drug-likeness (QED) is 0.695. The zero-order chi connectivity index (χ0) is 12.1. The van der Waals surface area contributed by atoms with E-state index in [0.29, 0.717) is 18.6 Å². The van der Waals surface area contributed by atoms with Crippen molar-refractivity contribution in [1.82, 2.24) is 4.90 Å². The number of nitrogens with two attached hydrogens (primary N) is 1. The molecular weight excluding hydrogens is 204 g/mol. The summed E-state index contributed by atoms with van der Waals surface area (Å²) in [7, 11) is 1.65. The zero-order valence-electron chi connectivity index (χ0n) is 10.7. The number of likely N-dealkylation sites (tertiary alicyclic amines) is 1. The molecule has 0 bridgehead atoms. The Morgan fingerprint density at radius 2 is 2.19 bits per heavy atom. The van der Waals surface area contributed by atoms with Crippen molar-refractivity contribution in [3.05, 3.63) is 0 Å². The fourth-order valence-electron chi connectivity index (χ4n) is 2.73. The smallest absolute Gasteiger partial charge is 0.0629 e. The topological polar surface area (TPSA) is 58.7 Å². The minimum absolute atomic E-state index is 0.0369. The third-order valence-corrected chi connectivity index (χ3v) is 3.58. The molecule has 0 aromatic heterocycles. The summed E-state index contributed by atoms with van der Waals surface area (Å²) >= 11 is 0. The normalized spacial score (nSPS) is 26.2. The van der Waals surface area contributed by atoms with Crippen LogP contribution in [0.15, 0.2) is 0 Å². The standard InChI is InChI=1S/C12H26N2O2/c1-9(2)11-5-4-6-14(11)12(7-15)10(13)8-16-3/h9-12,15H,4-8,13H2,1-3H3. The van der Waals surface area contributed by atoms with E-state index in [9.17, 15) is 5.11 Å². The maximum atomic E-state index is 9.51. The van der Waals surface area contributed by atoms with Gasteiger partial charge in [0.05, 0.1) is 19.3 Å². The number of aliphatic hydroxyl groups excluding tert-OH is 1. The Bertz CT molecular complexity index is 199. The second-order valence-electron chi connectivity index (χ2n) is 5.06. The lowest BCUT2D eigenvalue weighted by atomic mass is 9.99. The van der Waals surface area contributed by atoms with Gasteiger partial charge in [0, 0.05) is 19.2 Å². The molecule has 4 heteroatoms. The molecule has 1 aliphatic rings. The van der Waals surface area contributed by atoms with Gasteiger partial charge < -0.3 is 15.6 Å². The Hall–Kier alpha value is -0.160. The summed E-state index contributed by atoms with van der Waals surface area (Å²) in [5, 5.41) is 9.51. The third kappa shape index (κ3) is 3.17. The Morgan fingerprint density at radius 3 is 2.69 bits per heavy atom. The van der Waals surface area contributed by atoms with Gasteiger partial charge in [-0.15, -0.1) is 0 Å². The van der Waals surface area contributed by atoms with E-state index in [1.807, 2.05) is 0 Å². The van der Waals surface area contributed by atoms with E-state index in [-0.39, 0.29) is 18.7 Å². The number of nitrogens with zero attached hydrogens (tertiary/aromatic N) is 1. The molecule has 0 aromatic rings. The lowest BCUT2D eigenvalue weighted by Gasteiger charge is -2.37. The SMILES string of the molecule is COCC(N)C(CO)N1CCCC1C(C)C. The van der Waals surface area contributed by atoms with Crippen LogP contribution in [0.3, 0.4) is 0 Å². The summed E-state index contributed by atoms with van der Waals surface area (Å²) in [6.07, 6.45) is 2.42. The highest BCUT2D eigenvalue weighted by Gasteiger charge is 2.34. The summed E-state index contributed by atoms with van der Waals surface area (Å²) in [6.45, 7) is 6.14. The number of methoxy groups -OCH3 is 1. The van der Waals surface area contributed by atoms with Crippen LogP contribution in [-0.4, -0.2) is 55.0 Å². The average molecular weight is 230 g/mol. The van der Waals surface area contributed by atoms with Gasteiger partial charge in [0.15, 0.2) is 0 Å². The highest BCUT2D eigenvalue weighted by atomic mass is 16.5. The first kappa shape index (κ1) is 13.9. The summed E-state index contributed by atoms with van der Waals surface area (Å²) in [5.74, 6) is 0.617. The highest BCUT2D eigenvalue weighted by molar-refractivity contribution is 4.91. The molecule has 0 aliphatic carbocycles. The van der Waals surface area contributed by atoms with Crippen molar-refractivity contribution < 1.29 is 9.84 Å². The van der Waals surface area contributed by atoms with Gasteiger partial charge in [-0.05, 0) is 25.3 Å². The number of ether oxygens (including phenoxy) is 1. The van der Waals surface area contributed by atoms with Gasteiger partial charge in [0.2, 0.25) is 0 Å². The maximum absolute atomic E-state index is 9.51. The highest BCUT2D eigenvalue weighted by Crippen LogP contribution is 2.26. The maximum Gasteiger partial charge on any atom is 0.0629 e. The number of rotatable bonds is 6. The van der Waals surface area contributed by atoms with Crippen LogP contribution in [0.5, 0.6) is 0 Å². The molecule has 4 nitrogen and oxygen atoms in total. The van der Waals surface area contributed by atoms with Crippen LogP contribution in [-0.2, 0) is 4.74 Å². The first-order chi connectivity index (χ1) is 7.61. The van der Waals surface area contributed by atoms with E-state index in [0.717, 1.165) is 6.54 Å². The van der Waals surface area contributed by atoms with Crippen molar-refractivity contribution in [2.24, 2.45) is 11.7 Å². The Labute approximate surface area is 98.8 Å². The third-order valence-electron chi connectivity index (χ3n) is 3.58. The minimum atomic E-state index is -0.102. The molecule has 1 rings (SSSR count). The molecule has 1 saturated heterocycles. The van der Waals surface area contributed by atoms with E-state index < -0.39 is 0 Å². The summed E-state index contributed by atoms with van der Waals surface area (Å²) in [6, 6.07) is 0.490. The fourth-order valence-corrected chi connectivity index (χ4v) is 2.73. The molecule has 0 amide bonds. The second-order valence-corrected chi connectivity index (χ2v) is 5.06. The zero-order valence-corrected chi connectivity index (χ0v) is 10.7. The molecule has 3 N–H and O–H groups in total. The Balaban J connectivity index is 2.63. The molecule has 1 aliphatic heterocycles. The van der Waals surface area contributed by atoms with Gasteiger partial charge in [-0.25, -0.2) is 0 Å².